The second kappa shape index (κ2) is 6.61. The third-order valence-electron chi connectivity index (χ3n) is 6.09. The number of likely N-dealkylation sites (N-methyl/N-ethyl adjacent to an activating group) is 1. The van der Waals surface area contributed by atoms with Crippen molar-refractivity contribution in [3.63, 3.8) is 0 Å². The summed E-state index contributed by atoms with van der Waals surface area (Å²) >= 11 is 0. The molecule has 0 bridgehead atoms. The Hall–Kier alpha value is -0.780. The summed E-state index contributed by atoms with van der Waals surface area (Å²) in [6.07, 6.45) is 1.38. The average molecular weight is 332 g/mol. The van der Waals surface area contributed by atoms with Gasteiger partial charge in [-0.2, -0.15) is 13.2 Å². The van der Waals surface area contributed by atoms with Crippen LogP contribution in [0.25, 0.3) is 0 Å². The summed E-state index contributed by atoms with van der Waals surface area (Å²) in [6.45, 7) is 1.78. The van der Waals surface area contributed by atoms with E-state index in [4.69, 9.17) is 0 Å². The molecular formula is C17H27F3N2O. The topological polar surface area (TPSA) is 23.6 Å². The molecule has 1 saturated carbocycles. The molecule has 4 atom stereocenters. The minimum Gasteiger partial charge on any atom is -0.338 e. The minimum absolute atomic E-state index is 0.00788. The lowest BCUT2D eigenvalue weighted by Crippen LogP contribution is -2.49. The molecule has 3 fully saturated rings. The Balaban J connectivity index is 1.66. The van der Waals surface area contributed by atoms with E-state index in [0.717, 1.165) is 38.8 Å². The van der Waals surface area contributed by atoms with Crippen LogP contribution in [0.15, 0.2) is 0 Å². The number of halogens is 3. The molecule has 3 nitrogen and oxygen atoms in total. The van der Waals surface area contributed by atoms with E-state index < -0.39 is 18.0 Å². The quantitative estimate of drug-likeness (QED) is 0.773. The zero-order chi connectivity index (χ0) is 16.6. The van der Waals surface area contributed by atoms with Crippen molar-refractivity contribution in [2.45, 2.75) is 69.6 Å². The summed E-state index contributed by atoms with van der Waals surface area (Å²) in [5, 5.41) is 0. The summed E-state index contributed by atoms with van der Waals surface area (Å²) in [4.78, 5) is 17.1. The molecule has 0 unspecified atom stereocenters. The maximum absolute atomic E-state index is 13.0. The van der Waals surface area contributed by atoms with E-state index in [1.807, 2.05) is 4.90 Å². The molecule has 2 aliphatic heterocycles. The third-order valence-corrected chi connectivity index (χ3v) is 6.09. The van der Waals surface area contributed by atoms with Gasteiger partial charge in [-0.25, -0.2) is 0 Å². The van der Waals surface area contributed by atoms with Gasteiger partial charge in [0.1, 0.15) is 0 Å². The number of carbonyl (C=O) groups is 1. The largest absolute Gasteiger partial charge is 0.391 e. The van der Waals surface area contributed by atoms with Crippen LogP contribution in [-0.2, 0) is 4.79 Å². The van der Waals surface area contributed by atoms with Gasteiger partial charge in [-0.05, 0) is 58.5 Å². The van der Waals surface area contributed by atoms with E-state index in [0.29, 0.717) is 18.9 Å². The van der Waals surface area contributed by atoms with Gasteiger partial charge in [-0.1, -0.05) is 6.42 Å². The summed E-state index contributed by atoms with van der Waals surface area (Å²) in [5.74, 6) is -1.73. The highest BCUT2D eigenvalue weighted by Crippen LogP contribution is 2.41. The van der Waals surface area contributed by atoms with Crippen LogP contribution in [0.1, 0.15) is 51.4 Å². The van der Waals surface area contributed by atoms with E-state index in [1.165, 1.54) is 0 Å². The van der Waals surface area contributed by atoms with Crippen LogP contribution < -0.4 is 0 Å². The molecular weight excluding hydrogens is 305 g/mol. The molecule has 2 heterocycles. The smallest absolute Gasteiger partial charge is 0.338 e. The molecule has 132 valence electrons. The highest BCUT2D eigenvalue weighted by atomic mass is 19.4. The second-order valence-corrected chi connectivity index (χ2v) is 7.53. The summed E-state index contributed by atoms with van der Waals surface area (Å²) < 4.78 is 39.0. The first-order chi connectivity index (χ1) is 10.9. The van der Waals surface area contributed by atoms with E-state index in [1.54, 1.807) is 0 Å². The van der Waals surface area contributed by atoms with Gasteiger partial charge in [0, 0.05) is 24.5 Å². The average Bonchev–Trinajstić information content (AvgIpc) is 3.14. The van der Waals surface area contributed by atoms with Crippen molar-refractivity contribution in [1.29, 1.82) is 0 Å². The standard InChI is InChI=1S/C17H27F3N2O/c1-21-9-3-7-14(21)15-8-4-10-22(15)16(23)12-5-2-6-13(11-12)17(18,19)20/h12-15H,2-11H2,1H3/t12-,13-,14-,15+/m1/s1. The number of hydrogen-bond donors (Lipinski definition) is 0. The maximum atomic E-state index is 13.0. The molecule has 3 rings (SSSR count). The van der Waals surface area contributed by atoms with Crippen LogP contribution in [0.5, 0.6) is 0 Å². The van der Waals surface area contributed by atoms with Crippen LogP contribution in [0.2, 0.25) is 0 Å². The number of hydrogen-bond acceptors (Lipinski definition) is 2. The summed E-state index contributed by atoms with van der Waals surface area (Å²) in [7, 11) is 2.10. The number of rotatable bonds is 2. The fourth-order valence-electron chi connectivity index (χ4n) is 4.83. The van der Waals surface area contributed by atoms with Crippen molar-refractivity contribution in [1.82, 2.24) is 9.80 Å². The molecule has 23 heavy (non-hydrogen) atoms. The zero-order valence-corrected chi connectivity index (χ0v) is 13.8. The first-order valence-corrected chi connectivity index (χ1v) is 8.95. The van der Waals surface area contributed by atoms with Gasteiger partial charge in [-0.15, -0.1) is 0 Å². The Morgan fingerprint density at radius 2 is 1.65 bits per heavy atom. The molecule has 1 amide bonds. The Morgan fingerprint density at radius 3 is 2.30 bits per heavy atom. The minimum atomic E-state index is -4.16. The molecule has 2 saturated heterocycles. The van der Waals surface area contributed by atoms with Crippen LogP contribution in [0.3, 0.4) is 0 Å². The Labute approximate surface area is 136 Å². The third kappa shape index (κ3) is 3.52. The molecule has 0 N–H and O–H groups in total. The number of alkyl halides is 3. The molecule has 6 heteroatoms. The fourth-order valence-corrected chi connectivity index (χ4v) is 4.83. The number of nitrogens with zero attached hydrogens (tertiary/aromatic N) is 2. The van der Waals surface area contributed by atoms with Gasteiger partial charge in [0.25, 0.3) is 0 Å². The molecule has 0 radical (unpaired) electrons. The van der Waals surface area contributed by atoms with Gasteiger partial charge in [0.15, 0.2) is 0 Å². The molecule has 1 aliphatic carbocycles. The van der Waals surface area contributed by atoms with Crippen LogP contribution in [0.4, 0.5) is 13.2 Å². The highest BCUT2D eigenvalue weighted by molar-refractivity contribution is 5.79. The molecule has 0 spiro atoms. The van der Waals surface area contributed by atoms with Gasteiger partial charge >= 0.3 is 6.18 Å². The first kappa shape index (κ1) is 17.1. The van der Waals surface area contributed by atoms with Crippen molar-refractivity contribution in [3.8, 4) is 0 Å². The molecule has 0 aromatic rings. The van der Waals surface area contributed by atoms with Crippen LogP contribution in [0, 0.1) is 11.8 Å². The van der Waals surface area contributed by atoms with Gasteiger partial charge in [0.05, 0.1) is 5.92 Å². The molecule has 3 aliphatic rings. The first-order valence-electron chi connectivity index (χ1n) is 8.95. The highest BCUT2D eigenvalue weighted by Gasteiger charge is 2.46. The number of amides is 1. The van der Waals surface area contributed by atoms with Crippen LogP contribution >= 0.6 is 0 Å². The van der Waals surface area contributed by atoms with Gasteiger partial charge in [0.2, 0.25) is 5.91 Å². The SMILES string of the molecule is CN1CCC[C@@H]1[C@@H]1CCCN1C(=O)[C@@H]1CCC[C@@H](C(F)(F)F)C1. The summed E-state index contributed by atoms with van der Waals surface area (Å²) in [6, 6.07) is 0.602. The second-order valence-electron chi connectivity index (χ2n) is 7.53. The lowest BCUT2D eigenvalue weighted by atomic mass is 9.80. The Kier molecular flexibility index (Phi) is 4.90. The van der Waals surface area contributed by atoms with E-state index in [-0.39, 0.29) is 24.8 Å². The maximum Gasteiger partial charge on any atom is 0.391 e. The van der Waals surface area contributed by atoms with Crippen molar-refractivity contribution < 1.29 is 18.0 Å². The Bertz CT molecular complexity index is 440. The van der Waals surface area contributed by atoms with Gasteiger partial charge < -0.3 is 9.80 Å². The lowest BCUT2D eigenvalue weighted by molar-refractivity contribution is -0.187. The Morgan fingerprint density at radius 1 is 0.957 bits per heavy atom. The fraction of sp³-hybridized carbons (Fsp3) is 0.941. The monoisotopic (exact) mass is 332 g/mol. The van der Waals surface area contributed by atoms with Gasteiger partial charge in [-0.3, -0.25) is 4.79 Å². The van der Waals surface area contributed by atoms with Crippen molar-refractivity contribution in [3.05, 3.63) is 0 Å². The van der Waals surface area contributed by atoms with Crippen molar-refractivity contribution in [2.75, 3.05) is 20.1 Å². The van der Waals surface area contributed by atoms with Crippen molar-refractivity contribution >= 4 is 5.91 Å². The normalized spacial score (nSPS) is 36.6. The van der Waals surface area contributed by atoms with Crippen LogP contribution in [-0.4, -0.2) is 54.1 Å². The predicted octanol–water partition coefficient (Wildman–Crippen LogP) is 3.44. The molecule has 0 aromatic carbocycles. The van der Waals surface area contributed by atoms with E-state index in [9.17, 15) is 18.0 Å². The predicted molar refractivity (Wildman–Crippen MR) is 81.9 cm³/mol. The number of carbonyl (C=O) groups excluding carboxylic acids is 1. The van der Waals surface area contributed by atoms with E-state index in [2.05, 4.69) is 11.9 Å². The van der Waals surface area contributed by atoms with Crippen molar-refractivity contribution in [2.24, 2.45) is 11.8 Å². The number of likely N-dealkylation sites (tertiary alicyclic amines) is 2. The zero-order valence-electron chi connectivity index (χ0n) is 13.8. The molecule has 0 aromatic heterocycles. The lowest BCUT2D eigenvalue weighted by Gasteiger charge is -2.37. The summed E-state index contributed by atoms with van der Waals surface area (Å²) in [5.41, 5.74) is 0. The van der Waals surface area contributed by atoms with E-state index >= 15 is 0 Å².